The Morgan fingerprint density at radius 1 is 0.957 bits per heavy atom. The van der Waals surface area contributed by atoms with E-state index in [9.17, 15) is 0 Å². The van der Waals surface area contributed by atoms with E-state index in [0.717, 1.165) is 21.4 Å². The van der Waals surface area contributed by atoms with Crippen molar-refractivity contribution in [3.8, 4) is 11.3 Å². The van der Waals surface area contributed by atoms with E-state index in [1.807, 2.05) is 66.7 Å². The molecule has 3 aromatic rings. The largest absolute Gasteiger partial charge is 0.455 e. The monoisotopic (exact) mass is 367 g/mol. The number of furan rings is 1. The van der Waals surface area contributed by atoms with Gasteiger partial charge in [-0.2, -0.15) is 5.10 Å². The van der Waals surface area contributed by atoms with Crippen LogP contribution in [0.4, 0.5) is 0 Å². The van der Waals surface area contributed by atoms with Gasteiger partial charge in [-0.25, -0.2) is 0 Å². The number of hydrogen-bond donors (Lipinski definition) is 1. The van der Waals surface area contributed by atoms with Crippen molar-refractivity contribution in [3.63, 3.8) is 0 Å². The molecule has 0 bridgehead atoms. The summed E-state index contributed by atoms with van der Waals surface area (Å²) in [5.41, 5.74) is 7.70. The first-order valence-electron chi connectivity index (χ1n) is 7.00. The maximum atomic E-state index is 5.87. The molecule has 0 saturated carbocycles. The van der Waals surface area contributed by atoms with Crippen molar-refractivity contribution < 1.29 is 4.42 Å². The molecular formula is C18H14BrN3O. The van der Waals surface area contributed by atoms with Crippen molar-refractivity contribution in [1.29, 1.82) is 0 Å². The lowest BCUT2D eigenvalue weighted by molar-refractivity contribution is 0.575. The highest BCUT2D eigenvalue weighted by molar-refractivity contribution is 9.10. The highest BCUT2D eigenvalue weighted by Gasteiger charge is 2.03. The summed E-state index contributed by atoms with van der Waals surface area (Å²) in [7, 11) is 0. The molecule has 2 N–H and O–H groups in total. The van der Waals surface area contributed by atoms with Gasteiger partial charge in [0.15, 0.2) is 5.84 Å². The van der Waals surface area contributed by atoms with E-state index in [0.29, 0.717) is 11.6 Å². The molecule has 5 heteroatoms. The second kappa shape index (κ2) is 7.07. The minimum atomic E-state index is 0.363. The van der Waals surface area contributed by atoms with Crippen molar-refractivity contribution in [2.75, 3.05) is 0 Å². The number of amidine groups is 1. The van der Waals surface area contributed by atoms with Gasteiger partial charge >= 0.3 is 0 Å². The molecule has 1 heterocycles. The van der Waals surface area contributed by atoms with E-state index in [1.165, 1.54) is 6.21 Å². The summed E-state index contributed by atoms with van der Waals surface area (Å²) in [6.07, 6.45) is 1.54. The smallest absolute Gasteiger partial charge is 0.153 e. The number of benzene rings is 2. The molecule has 0 aliphatic heterocycles. The molecule has 0 aliphatic carbocycles. The molecule has 0 aliphatic rings. The Labute approximate surface area is 142 Å². The van der Waals surface area contributed by atoms with E-state index < -0.39 is 0 Å². The van der Waals surface area contributed by atoms with Gasteiger partial charge in [-0.1, -0.05) is 58.4 Å². The first-order valence-corrected chi connectivity index (χ1v) is 7.79. The predicted molar refractivity (Wildman–Crippen MR) is 96.6 cm³/mol. The van der Waals surface area contributed by atoms with E-state index in [1.54, 1.807) is 0 Å². The second-order valence-electron chi connectivity index (χ2n) is 4.80. The van der Waals surface area contributed by atoms with Gasteiger partial charge in [-0.05, 0) is 24.3 Å². The minimum Gasteiger partial charge on any atom is -0.455 e. The molecule has 0 spiro atoms. The van der Waals surface area contributed by atoms with Crippen LogP contribution in [0.3, 0.4) is 0 Å². The third kappa shape index (κ3) is 3.96. The van der Waals surface area contributed by atoms with Crippen molar-refractivity contribution in [2.24, 2.45) is 15.9 Å². The zero-order valence-corrected chi connectivity index (χ0v) is 13.8. The Morgan fingerprint density at radius 2 is 1.70 bits per heavy atom. The van der Waals surface area contributed by atoms with Crippen LogP contribution >= 0.6 is 15.9 Å². The van der Waals surface area contributed by atoms with Crippen LogP contribution in [0.2, 0.25) is 0 Å². The Kier molecular flexibility index (Phi) is 4.68. The third-order valence-electron chi connectivity index (χ3n) is 3.18. The van der Waals surface area contributed by atoms with Crippen LogP contribution in [0.15, 0.2) is 85.8 Å². The SMILES string of the molecule is NC(=NN=Cc1ccc(-c2ccc(Br)cc2)o1)c1ccccc1. The molecule has 0 unspecified atom stereocenters. The van der Waals surface area contributed by atoms with Crippen molar-refractivity contribution in [1.82, 2.24) is 0 Å². The summed E-state index contributed by atoms with van der Waals surface area (Å²) in [6, 6.07) is 21.1. The van der Waals surface area contributed by atoms with Crippen LogP contribution < -0.4 is 5.73 Å². The first-order chi connectivity index (χ1) is 11.2. The lowest BCUT2D eigenvalue weighted by Crippen LogP contribution is -2.12. The summed E-state index contributed by atoms with van der Waals surface area (Å²) in [4.78, 5) is 0. The lowest BCUT2D eigenvalue weighted by atomic mass is 10.2. The predicted octanol–water partition coefficient (Wildman–Crippen LogP) is 4.45. The molecule has 0 amide bonds. The van der Waals surface area contributed by atoms with Gasteiger partial charge in [0, 0.05) is 15.6 Å². The highest BCUT2D eigenvalue weighted by atomic mass is 79.9. The van der Waals surface area contributed by atoms with E-state index in [2.05, 4.69) is 26.1 Å². The first kappa shape index (κ1) is 15.2. The van der Waals surface area contributed by atoms with Crippen LogP contribution in [0.5, 0.6) is 0 Å². The number of nitrogens with two attached hydrogens (primary N) is 1. The summed E-state index contributed by atoms with van der Waals surface area (Å²) < 4.78 is 6.75. The van der Waals surface area contributed by atoms with Gasteiger partial charge < -0.3 is 10.2 Å². The Balaban J connectivity index is 1.73. The zero-order valence-electron chi connectivity index (χ0n) is 12.2. The van der Waals surface area contributed by atoms with Crippen LogP contribution in [-0.2, 0) is 0 Å². The molecule has 23 heavy (non-hydrogen) atoms. The van der Waals surface area contributed by atoms with Crippen LogP contribution in [0, 0.1) is 0 Å². The third-order valence-corrected chi connectivity index (χ3v) is 3.70. The molecule has 3 rings (SSSR count). The quantitative estimate of drug-likeness (QED) is 0.420. The van der Waals surface area contributed by atoms with Crippen LogP contribution in [0.25, 0.3) is 11.3 Å². The van der Waals surface area contributed by atoms with E-state index >= 15 is 0 Å². The zero-order chi connectivity index (χ0) is 16.1. The fraction of sp³-hybridized carbons (Fsp3) is 0. The van der Waals surface area contributed by atoms with Gasteiger partial charge in [0.2, 0.25) is 0 Å². The molecule has 0 saturated heterocycles. The molecule has 0 atom stereocenters. The average molecular weight is 368 g/mol. The summed E-state index contributed by atoms with van der Waals surface area (Å²) in [6.45, 7) is 0. The molecule has 114 valence electrons. The van der Waals surface area contributed by atoms with E-state index in [-0.39, 0.29) is 0 Å². The molecule has 0 radical (unpaired) electrons. The maximum absolute atomic E-state index is 5.87. The standard InChI is InChI=1S/C18H14BrN3O/c19-15-8-6-13(7-9-15)17-11-10-16(23-17)12-21-22-18(20)14-4-2-1-3-5-14/h1-12H,(H2,20,22). The van der Waals surface area contributed by atoms with Crippen LogP contribution in [0.1, 0.15) is 11.3 Å². The van der Waals surface area contributed by atoms with Crippen molar-refractivity contribution in [3.05, 3.63) is 82.5 Å². The van der Waals surface area contributed by atoms with Gasteiger partial charge in [0.1, 0.15) is 11.5 Å². The molecule has 4 nitrogen and oxygen atoms in total. The highest BCUT2D eigenvalue weighted by Crippen LogP contribution is 2.23. The fourth-order valence-corrected chi connectivity index (χ4v) is 2.27. The van der Waals surface area contributed by atoms with Gasteiger partial charge in [0.25, 0.3) is 0 Å². The van der Waals surface area contributed by atoms with Crippen molar-refractivity contribution >= 4 is 28.0 Å². The Morgan fingerprint density at radius 3 is 2.43 bits per heavy atom. The van der Waals surface area contributed by atoms with E-state index in [4.69, 9.17) is 10.2 Å². The average Bonchev–Trinajstić information content (AvgIpc) is 3.05. The number of hydrogen-bond acceptors (Lipinski definition) is 3. The van der Waals surface area contributed by atoms with Gasteiger partial charge in [-0.3, -0.25) is 0 Å². The van der Waals surface area contributed by atoms with Gasteiger partial charge in [-0.15, -0.1) is 5.10 Å². The second-order valence-corrected chi connectivity index (χ2v) is 5.72. The van der Waals surface area contributed by atoms with Crippen LogP contribution in [-0.4, -0.2) is 12.1 Å². The molecular weight excluding hydrogens is 354 g/mol. The Bertz CT molecular complexity index is 836. The van der Waals surface area contributed by atoms with Gasteiger partial charge in [0.05, 0.1) is 6.21 Å². The topological polar surface area (TPSA) is 63.9 Å². The summed E-state index contributed by atoms with van der Waals surface area (Å²) >= 11 is 3.41. The number of nitrogens with zero attached hydrogens (tertiary/aromatic N) is 2. The number of rotatable bonds is 4. The molecule has 2 aromatic carbocycles. The fourth-order valence-electron chi connectivity index (χ4n) is 2.01. The maximum Gasteiger partial charge on any atom is 0.153 e. The molecule has 0 fully saturated rings. The minimum absolute atomic E-state index is 0.363. The molecule has 1 aromatic heterocycles. The number of halogens is 1. The Hall–Kier alpha value is -2.66. The van der Waals surface area contributed by atoms with Crippen molar-refractivity contribution in [2.45, 2.75) is 0 Å². The summed E-state index contributed by atoms with van der Waals surface area (Å²) in [5, 5.41) is 7.96. The normalized spacial score (nSPS) is 12.0. The summed E-state index contributed by atoms with van der Waals surface area (Å²) in [5.74, 6) is 1.76. The lowest BCUT2D eigenvalue weighted by Gasteiger charge is -1.97.